The molecular weight excluding hydrogens is 314 g/mol. The van der Waals surface area contributed by atoms with Crippen molar-refractivity contribution in [3.63, 3.8) is 0 Å². The molecule has 1 saturated heterocycles. The van der Waals surface area contributed by atoms with Crippen LogP contribution in [0.5, 0.6) is 0 Å². The Hall–Kier alpha value is -1.66. The van der Waals surface area contributed by atoms with Crippen molar-refractivity contribution in [2.45, 2.75) is 36.2 Å². The average molecular weight is 335 g/mol. The van der Waals surface area contributed by atoms with Gasteiger partial charge in [-0.1, -0.05) is 18.2 Å². The number of carbonyl (C=O) groups is 1. The quantitative estimate of drug-likeness (QED) is 0.789. The summed E-state index contributed by atoms with van der Waals surface area (Å²) in [5.41, 5.74) is 2.07. The molecule has 3 rings (SSSR count). The summed E-state index contributed by atoms with van der Waals surface area (Å²) in [6.45, 7) is 0. The Morgan fingerprint density at radius 2 is 1.96 bits per heavy atom. The van der Waals surface area contributed by atoms with Crippen LogP contribution in [0.4, 0.5) is 0 Å². The smallest absolute Gasteiger partial charge is 0.335 e. The van der Waals surface area contributed by atoms with Crippen molar-refractivity contribution in [2.75, 3.05) is 20.4 Å². The number of esters is 1. The van der Waals surface area contributed by atoms with Gasteiger partial charge in [0.15, 0.2) is 9.84 Å². The maximum Gasteiger partial charge on any atom is 0.335 e. The monoisotopic (exact) mass is 335 g/mol. The first-order valence-corrected chi connectivity index (χ1v) is 9.56. The molecule has 23 heavy (non-hydrogen) atoms. The lowest BCUT2D eigenvalue weighted by Crippen LogP contribution is -2.40. The van der Waals surface area contributed by atoms with Gasteiger partial charge in [0, 0.05) is 18.3 Å². The number of hydrogen-bond acceptors (Lipinski definition) is 5. The van der Waals surface area contributed by atoms with Gasteiger partial charge in [-0.3, -0.25) is 4.90 Å². The van der Waals surface area contributed by atoms with Gasteiger partial charge >= 0.3 is 5.97 Å². The van der Waals surface area contributed by atoms with E-state index in [1.54, 1.807) is 18.2 Å². The number of nitrogens with zero attached hydrogens (tertiary/aromatic N) is 1. The van der Waals surface area contributed by atoms with Crippen LogP contribution in [0.15, 0.2) is 34.7 Å². The Morgan fingerprint density at radius 1 is 1.26 bits per heavy atom. The zero-order valence-corrected chi connectivity index (χ0v) is 14.4. The summed E-state index contributed by atoms with van der Waals surface area (Å²) < 4.78 is 29.3. The highest BCUT2D eigenvalue weighted by Gasteiger charge is 2.43. The van der Waals surface area contributed by atoms with E-state index in [2.05, 4.69) is 4.90 Å². The molecule has 0 spiro atoms. The molecule has 5 nitrogen and oxygen atoms in total. The van der Waals surface area contributed by atoms with E-state index in [9.17, 15) is 13.2 Å². The van der Waals surface area contributed by atoms with E-state index >= 15 is 0 Å². The lowest BCUT2D eigenvalue weighted by atomic mass is 9.88. The number of likely N-dealkylation sites (N-methyl/N-ethyl adjacent to an activating group) is 1. The lowest BCUT2D eigenvalue weighted by molar-refractivity contribution is -0.136. The summed E-state index contributed by atoms with van der Waals surface area (Å²) in [5.74, 6) is -0.361. The molecule has 1 fully saturated rings. The summed E-state index contributed by atoms with van der Waals surface area (Å²) in [6, 6.07) is 7.26. The highest BCUT2D eigenvalue weighted by atomic mass is 32.2. The third-order valence-corrected chi connectivity index (χ3v) is 6.11. The molecule has 0 amide bonds. The molecule has 0 radical (unpaired) electrons. The van der Waals surface area contributed by atoms with Gasteiger partial charge in [0.05, 0.1) is 17.6 Å². The third-order valence-electron chi connectivity index (χ3n) is 4.96. The Bertz CT molecular complexity index is 782. The molecule has 0 saturated carbocycles. The van der Waals surface area contributed by atoms with Gasteiger partial charge in [0.25, 0.3) is 0 Å². The lowest BCUT2D eigenvalue weighted by Gasteiger charge is -2.34. The summed E-state index contributed by atoms with van der Waals surface area (Å²) in [6.07, 6.45) is 3.78. The minimum atomic E-state index is -3.37. The van der Waals surface area contributed by atoms with Crippen molar-refractivity contribution < 1.29 is 17.9 Å². The van der Waals surface area contributed by atoms with Crippen molar-refractivity contribution in [1.29, 1.82) is 0 Å². The summed E-state index contributed by atoms with van der Waals surface area (Å²) in [4.78, 5) is 14.9. The first-order chi connectivity index (χ1) is 10.8. The first kappa shape index (κ1) is 16.2. The Kier molecular flexibility index (Phi) is 4.06. The molecule has 1 aromatic rings. The molecule has 2 bridgehead atoms. The molecule has 6 heteroatoms. The molecule has 124 valence electrons. The number of benzene rings is 1. The van der Waals surface area contributed by atoms with Crippen LogP contribution in [-0.2, 0) is 19.4 Å². The Labute approximate surface area is 136 Å². The molecule has 2 heterocycles. The Balaban J connectivity index is 2.24. The second kappa shape index (κ2) is 5.76. The van der Waals surface area contributed by atoms with E-state index in [0.29, 0.717) is 23.6 Å². The number of rotatable bonds is 3. The molecule has 2 atom stereocenters. The van der Waals surface area contributed by atoms with E-state index in [1.807, 2.05) is 13.1 Å². The standard InChI is InChI=1S/C17H21NO4S/c1-18-11-8-9-14(18)16(17(19)22-2)13(10-11)12-6-4-5-7-15(12)23(3,20)21/h4-7,11,14H,8-10H2,1-3H3/t11-,14+/m0/s1. The topological polar surface area (TPSA) is 63.7 Å². The van der Waals surface area contributed by atoms with E-state index in [-0.39, 0.29) is 16.9 Å². The van der Waals surface area contributed by atoms with Crippen LogP contribution in [0, 0.1) is 0 Å². The second-order valence-corrected chi connectivity index (χ2v) is 8.25. The van der Waals surface area contributed by atoms with E-state index in [4.69, 9.17) is 4.74 Å². The molecule has 0 aromatic heterocycles. The molecule has 0 unspecified atom stereocenters. The minimum absolute atomic E-state index is 0.00353. The number of sulfone groups is 1. The highest BCUT2D eigenvalue weighted by Crippen LogP contribution is 2.43. The zero-order valence-electron chi connectivity index (χ0n) is 13.6. The highest BCUT2D eigenvalue weighted by molar-refractivity contribution is 7.90. The fourth-order valence-corrected chi connectivity index (χ4v) is 4.73. The van der Waals surface area contributed by atoms with Crippen LogP contribution in [-0.4, -0.2) is 51.8 Å². The van der Waals surface area contributed by atoms with Gasteiger partial charge in [-0.15, -0.1) is 0 Å². The van der Waals surface area contributed by atoms with Crippen LogP contribution in [0.25, 0.3) is 5.57 Å². The van der Waals surface area contributed by atoms with Gasteiger partial charge in [-0.2, -0.15) is 0 Å². The van der Waals surface area contributed by atoms with Crippen molar-refractivity contribution in [1.82, 2.24) is 4.90 Å². The van der Waals surface area contributed by atoms with Crippen molar-refractivity contribution in [3.8, 4) is 0 Å². The molecule has 0 aliphatic carbocycles. The first-order valence-electron chi connectivity index (χ1n) is 7.67. The number of carbonyl (C=O) groups excluding carboxylic acids is 1. The normalized spacial score (nSPS) is 24.8. The predicted molar refractivity (Wildman–Crippen MR) is 87.7 cm³/mol. The molecule has 1 aromatic carbocycles. The van der Waals surface area contributed by atoms with Crippen LogP contribution in [0.1, 0.15) is 24.8 Å². The van der Waals surface area contributed by atoms with Crippen molar-refractivity contribution in [3.05, 3.63) is 35.4 Å². The van der Waals surface area contributed by atoms with Gasteiger partial charge in [0.2, 0.25) is 0 Å². The van der Waals surface area contributed by atoms with E-state index in [0.717, 1.165) is 18.4 Å². The average Bonchev–Trinajstić information content (AvgIpc) is 2.75. The SMILES string of the molecule is COC(=O)C1=C(c2ccccc2S(C)(=O)=O)C[C@@H]2CC[C@H]1N2C. The van der Waals surface area contributed by atoms with Crippen LogP contribution < -0.4 is 0 Å². The molecular formula is C17H21NO4S. The van der Waals surface area contributed by atoms with E-state index in [1.165, 1.54) is 13.4 Å². The molecule has 0 N–H and O–H groups in total. The number of hydrogen-bond donors (Lipinski definition) is 0. The minimum Gasteiger partial charge on any atom is -0.466 e. The molecule has 2 aliphatic heterocycles. The Morgan fingerprint density at radius 3 is 2.61 bits per heavy atom. The summed E-state index contributed by atoms with van der Waals surface area (Å²) >= 11 is 0. The maximum atomic E-state index is 12.4. The van der Waals surface area contributed by atoms with Gasteiger partial charge in [-0.25, -0.2) is 13.2 Å². The number of methoxy groups -OCH3 is 1. The largest absolute Gasteiger partial charge is 0.466 e. The van der Waals surface area contributed by atoms with Crippen LogP contribution in [0.3, 0.4) is 0 Å². The number of ether oxygens (including phenoxy) is 1. The van der Waals surface area contributed by atoms with Gasteiger partial charge in [0.1, 0.15) is 0 Å². The summed E-state index contributed by atoms with van der Waals surface area (Å²) in [7, 11) is 0.0232. The number of fused-ring (bicyclic) bond motifs is 2. The van der Waals surface area contributed by atoms with Crippen molar-refractivity contribution in [2.24, 2.45) is 0 Å². The second-order valence-electron chi connectivity index (χ2n) is 6.27. The summed E-state index contributed by atoms with van der Waals surface area (Å²) in [5, 5.41) is 0. The third kappa shape index (κ3) is 2.70. The van der Waals surface area contributed by atoms with E-state index < -0.39 is 9.84 Å². The van der Waals surface area contributed by atoms with Crippen LogP contribution >= 0.6 is 0 Å². The van der Waals surface area contributed by atoms with Crippen molar-refractivity contribution >= 4 is 21.4 Å². The molecule has 2 aliphatic rings. The fraction of sp³-hybridized carbons (Fsp3) is 0.471. The maximum absolute atomic E-state index is 12.4. The van der Waals surface area contributed by atoms with Gasteiger partial charge in [-0.05, 0) is 43.5 Å². The predicted octanol–water partition coefficient (Wildman–Crippen LogP) is 1.88. The fourth-order valence-electron chi connectivity index (χ4n) is 3.82. The van der Waals surface area contributed by atoms with Gasteiger partial charge < -0.3 is 4.74 Å². The van der Waals surface area contributed by atoms with Crippen LogP contribution in [0.2, 0.25) is 0 Å². The zero-order chi connectivity index (χ0) is 16.8.